The van der Waals surface area contributed by atoms with Gasteiger partial charge in [-0.15, -0.1) is 5.10 Å². The van der Waals surface area contributed by atoms with E-state index in [2.05, 4.69) is 31.8 Å². The second-order valence-electron chi connectivity index (χ2n) is 5.31. The second-order valence-corrected chi connectivity index (χ2v) is 6.09. The van der Waals surface area contributed by atoms with Crippen LogP contribution in [0, 0.1) is 0 Å². The molecule has 4 rings (SSSR count). The van der Waals surface area contributed by atoms with E-state index in [1.54, 1.807) is 40.4 Å². The van der Waals surface area contributed by atoms with Crippen molar-refractivity contribution in [2.75, 3.05) is 6.54 Å². The number of thiophene rings is 1. The maximum Gasteiger partial charge on any atom is 0.350 e. The van der Waals surface area contributed by atoms with E-state index >= 15 is 0 Å². The van der Waals surface area contributed by atoms with Crippen LogP contribution in [0.3, 0.4) is 0 Å². The van der Waals surface area contributed by atoms with Gasteiger partial charge in [0.2, 0.25) is 0 Å². The summed E-state index contributed by atoms with van der Waals surface area (Å²) in [7, 11) is 0. The van der Waals surface area contributed by atoms with E-state index in [4.69, 9.17) is 0 Å². The molecule has 0 unspecified atom stereocenters. The van der Waals surface area contributed by atoms with Gasteiger partial charge in [0.1, 0.15) is 5.82 Å². The van der Waals surface area contributed by atoms with Crippen LogP contribution in [0.5, 0.6) is 0 Å². The largest absolute Gasteiger partial charge is 0.350 e. The van der Waals surface area contributed by atoms with Crippen molar-refractivity contribution in [3.8, 4) is 5.69 Å². The zero-order valence-electron chi connectivity index (χ0n) is 11.9. The summed E-state index contributed by atoms with van der Waals surface area (Å²) < 4.78 is 3.23. The molecular weight excluding hydrogens is 298 g/mol. The molecule has 1 aliphatic heterocycles. The Morgan fingerprint density at radius 3 is 2.82 bits per heavy atom. The Kier molecular flexibility index (Phi) is 3.36. The Morgan fingerprint density at radius 2 is 2.05 bits per heavy atom. The second kappa shape index (κ2) is 5.51. The number of rotatable bonds is 3. The van der Waals surface area contributed by atoms with Crippen LogP contribution in [-0.2, 0) is 19.6 Å². The molecule has 1 aliphatic rings. The molecule has 3 aromatic rings. The lowest BCUT2D eigenvalue weighted by Crippen LogP contribution is -2.37. The van der Waals surface area contributed by atoms with Crippen LogP contribution < -0.4 is 5.69 Å². The minimum Gasteiger partial charge on any atom is -0.290 e. The molecule has 0 aromatic carbocycles. The smallest absolute Gasteiger partial charge is 0.290 e. The summed E-state index contributed by atoms with van der Waals surface area (Å²) in [4.78, 5) is 18.8. The molecule has 0 amide bonds. The van der Waals surface area contributed by atoms with Crippen LogP contribution in [0.1, 0.15) is 11.4 Å². The van der Waals surface area contributed by atoms with Gasteiger partial charge in [0.25, 0.3) is 0 Å². The number of nitrogens with zero attached hydrogens (tertiary/aromatic N) is 5. The fraction of sp³-hybridized carbons (Fsp3) is 0.267. The molecule has 3 aromatic heterocycles. The van der Waals surface area contributed by atoms with E-state index in [1.165, 1.54) is 10.2 Å². The first-order chi connectivity index (χ1) is 10.8. The van der Waals surface area contributed by atoms with Crippen molar-refractivity contribution in [1.29, 1.82) is 0 Å². The number of fused-ring (bicyclic) bond motifs is 1. The summed E-state index contributed by atoms with van der Waals surface area (Å²) in [6.07, 6.45) is 3.34. The van der Waals surface area contributed by atoms with Gasteiger partial charge >= 0.3 is 5.69 Å². The quantitative estimate of drug-likeness (QED) is 0.735. The molecule has 0 bridgehead atoms. The first-order valence-electron chi connectivity index (χ1n) is 7.14. The van der Waals surface area contributed by atoms with E-state index in [9.17, 15) is 4.79 Å². The number of pyridine rings is 1. The molecule has 0 atom stereocenters. The molecule has 0 saturated heterocycles. The maximum absolute atomic E-state index is 12.5. The lowest BCUT2D eigenvalue weighted by atomic mass is 10.3. The van der Waals surface area contributed by atoms with Crippen molar-refractivity contribution >= 4 is 11.3 Å². The third kappa shape index (κ3) is 2.38. The highest BCUT2D eigenvalue weighted by Crippen LogP contribution is 2.15. The standard InChI is InChI=1S/C15H15N5OS/c21-15-19-7-6-18(9-12-3-8-22-11-12)10-14(19)17-20(15)13-1-4-16-5-2-13/h1-5,8,11H,6-7,9-10H2. The highest BCUT2D eigenvalue weighted by molar-refractivity contribution is 7.07. The van der Waals surface area contributed by atoms with Crippen LogP contribution in [0.15, 0.2) is 46.1 Å². The summed E-state index contributed by atoms with van der Waals surface area (Å²) in [5, 5.41) is 8.75. The zero-order valence-corrected chi connectivity index (χ0v) is 12.7. The maximum atomic E-state index is 12.5. The highest BCUT2D eigenvalue weighted by atomic mass is 32.1. The number of aromatic nitrogens is 4. The van der Waals surface area contributed by atoms with Gasteiger partial charge in [-0.05, 0) is 34.5 Å². The monoisotopic (exact) mass is 313 g/mol. The predicted octanol–water partition coefficient (Wildman–Crippen LogP) is 1.51. The van der Waals surface area contributed by atoms with Crippen LogP contribution in [0.2, 0.25) is 0 Å². The van der Waals surface area contributed by atoms with Gasteiger partial charge in [-0.25, -0.2) is 4.79 Å². The number of hydrogen-bond acceptors (Lipinski definition) is 5. The molecule has 7 heteroatoms. The fourth-order valence-corrected chi connectivity index (χ4v) is 3.39. The van der Waals surface area contributed by atoms with Crippen molar-refractivity contribution in [1.82, 2.24) is 24.2 Å². The summed E-state index contributed by atoms with van der Waals surface area (Å²) in [6.45, 7) is 3.15. The van der Waals surface area contributed by atoms with Crippen LogP contribution in [0.25, 0.3) is 5.69 Å². The van der Waals surface area contributed by atoms with Crippen LogP contribution in [0.4, 0.5) is 0 Å². The van der Waals surface area contributed by atoms with Gasteiger partial charge < -0.3 is 0 Å². The molecule has 4 heterocycles. The van der Waals surface area contributed by atoms with E-state index in [1.807, 2.05) is 0 Å². The van der Waals surface area contributed by atoms with Crippen LogP contribution >= 0.6 is 11.3 Å². The van der Waals surface area contributed by atoms with Gasteiger partial charge in [0.15, 0.2) is 0 Å². The first kappa shape index (κ1) is 13.4. The van der Waals surface area contributed by atoms with Gasteiger partial charge in [0.05, 0.1) is 12.2 Å². The van der Waals surface area contributed by atoms with Crippen molar-refractivity contribution in [2.24, 2.45) is 0 Å². The van der Waals surface area contributed by atoms with Crippen molar-refractivity contribution in [3.63, 3.8) is 0 Å². The Morgan fingerprint density at radius 1 is 1.18 bits per heavy atom. The lowest BCUT2D eigenvalue weighted by molar-refractivity contribution is 0.207. The van der Waals surface area contributed by atoms with Crippen molar-refractivity contribution < 1.29 is 0 Å². The predicted molar refractivity (Wildman–Crippen MR) is 84.1 cm³/mol. The summed E-state index contributed by atoms with van der Waals surface area (Å²) in [6, 6.07) is 5.73. The Hall–Kier alpha value is -2.25. The Balaban J connectivity index is 1.62. The minimum atomic E-state index is -0.0728. The van der Waals surface area contributed by atoms with E-state index in [0.717, 1.165) is 24.6 Å². The molecular formula is C15H15N5OS. The van der Waals surface area contributed by atoms with E-state index < -0.39 is 0 Å². The van der Waals surface area contributed by atoms with Crippen LogP contribution in [-0.4, -0.2) is 30.8 Å². The molecule has 0 radical (unpaired) electrons. The first-order valence-corrected chi connectivity index (χ1v) is 8.08. The van der Waals surface area contributed by atoms with Crippen molar-refractivity contribution in [2.45, 2.75) is 19.6 Å². The third-order valence-electron chi connectivity index (χ3n) is 3.84. The van der Waals surface area contributed by atoms with Crippen molar-refractivity contribution in [3.05, 3.63) is 63.2 Å². The average Bonchev–Trinajstić information content (AvgIpc) is 3.16. The minimum absolute atomic E-state index is 0.0728. The number of hydrogen-bond donors (Lipinski definition) is 0. The molecule has 22 heavy (non-hydrogen) atoms. The Bertz CT molecular complexity index is 821. The molecule has 6 nitrogen and oxygen atoms in total. The van der Waals surface area contributed by atoms with E-state index in [0.29, 0.717) is 13.1 Å². The SMILES string of the molecule is O=c1n(-c2ccncc2)nc2n1CCN(Cc1ccsc1)C2. The molecule has 112 valence electrons. The van der Waals surface area contributed by atoms with Gasteiger partial charge in [0, 0.05) is 32.0 Å². The van der Waals surface area contributed by atoms with Gasteiger partial charge in [-0.2, -0.15) is 16.0 Å². The average molecular weight is 313 g/mol. The summed E-state index contributed by atoms with van der Waals surface area (Å²) >= 11 is 1.71. The topological polar surface area (TPSA) is 56.0 Å². The molecule has 0 aliphatic carbocycles. The molecule has 0 N–H and O–H groups in total. The summed E-state index contributed by atoms with van der Waals surface area (Å²) in [5.41, 5.74) is 2.00. The molecule has 0 spiro atoms. The third-order valence-corrected chi connectivity index (χ3v) is 4.57. The Labute approximate surface area is 131 Å². The van der Waals surface area contributed by atoms with Gasteiger partial charge in [-0.3, -0.25) is 14.5 Å². The fourth-order valence-electron chi connectivity index (χ4n) is 2.73. The summed E-state index contributed by atoms with van der Waals surface area (Å²) in [5.74, 6) is 0.822. The highest BCUT2D eigenvalue weighted by Gasteiger charge is 2.22. The lowest BCUT2D eigenvalue weighted by Gasteiger charge is -2.25. The van der Waals surface area contributed by atoms with E-state index in [-0.39, 0.29) is 5.69 Å². The molecule has 0 saturated carbocycles. The normalized spacial score (nSPS) is 14.9. The van der Waals surface area contributed by atoms with Gasteiger partial charge in [-0.1, -0.05) is 0 Å². The molecule has 0 fully saturated rings. The zero-order chi connectivity index (χ0) is 14.9.